The minimum absolute atomic E-state index is 0.185. The molecule has 2 aliphatic heterocycles. The number of amides is 3. The largest absolute Gasteiger partial charge is 0.497 e. The number of anilines is 2. The average molecular weight is 379 g/mol. The van der Waals surface area contributed by atoms with Crippen LogP contribution in [0.25, 0.3) is 0 Å². The number of hydrogen-bond donors (Lipinski definition) is 1. The summed E-state index contributed by atoms with van der Waals surface area (Å²) in [6, 6.07) is 13.6. The number of imide groups is 1. The second kappa shape index (κ2) is 7.10. The number of carbonyl (C=O) groups is 3. The van der Waals surface area contributed by atoms with Gasteiger partial charge >= 0.3 is 0 Å². The minimum atomic E-state index is -0.945. The van der Waals surface area contributed by atoms with Crippen LogP contribution in [-0.4, -0.2) is 48.5 Å². The molecule has 1 N–H and O–H groups in total. The second-order valence-corrected chi connectivity index (χ2v) is 6.32. The smallest absolute Gasteiger partial charge is 0.263 e. The van der Waals surface area contributed by atoms with Gasteiger partial charge in [0.05, 0.1) is 12.8 Å². The van der Waals surface area contributed by atoms with Gasteiger partial charge in [0, 0.05) is 5.69 Å². The van der Waals surface area contributed by atoms with Gasteiger partial charge in [-0.25, -0.2) is 4.90 Å². The summed E-state index contributed by atoms with van der Waals surface area (Å²) >= 11 is 0. The van der Waals surface area contributed by atoms with Gasteiger partial charge in [0.15, 0.2) is 12.1 Å². The van der Waals surface area contributed by atoms with Crippen molar-refractivity contribution in [1.82, 2.24) is 5.01 Å². The Morgan fingerprint density at radius 3 is 2.46 bits per heavy atom. The van der Waals surface area contributed by atoms with Crippen molar-refractivity contribution in [3.8, 4) is 5.75 Å². The lowest BCUT2D eigenvalue weighted by atomic mass is 10.1. The van der Waals surface area contributed by atoms with E-state index in [1.807, 2.05) is 6.07 Å². The third-order valence-corrected chi connectivity index (χ3v) is 4.55. The van der Waals surface area contributed by atoms with Gasteiger partial charge in [-0.05, 0) is 36.4 Å². The van der Waals surface area contributed by atoms with E-state index in [9.17, 15) is 14.4 Å². The zero-order chi connectivity index (χ0) is 19.7. The first kappa shape index (κ1) is 17.7. The number of rotatable bonds is 5. The molecule has 28 heavy (non-hydrogen) atoms. The van der Waals surface area contributed by atoms with E-state index in [1.54, 1.807) is 48.5 Å². The van der Waals surface area contributed by atoms with E-state index < -0.39 is 23.9 Å². The summed E-state index contributed by atoms with van der Waals surface area (Å²) in [5, 5.41) is 11.8. The van der Waals surface area contributed by atoms with Crippen molar-refractivity contribution in [2.75, 3.05) is 23.9 Å². The zero-order valence-corrected chi connectivity index (χ0v) is 15.0. The van der Waals surface area contributed by atoms with E-state index in [0.717, 1.165) is 4.90 Å². The molecule has 2 unspecified atom stereocenters. The maximum Gasteiger partial charge on any atom is 0.263 e. The highest BCUT2D eigenvalue weighted by molar-refractivity contribution is 6.25. The van der Waals surface area contributed by atoms with Gasteiger partial charge in [-0.15, -0.1) is 0 Å². The van der Waals surface area contributed by atoms with Crippen LogP contribution in [0.4, 0.5) is 11.4 Å². The van der Waals surface area contributed by atoms with Crippen LogP contribution < -0.4 is 15.0 Å². The summed E-state index contributed by atoms with van der Waals surface area (Å²) in [4.78, 5) is 38.9. The Bertz CT molecular complexity index is 945. The van der Waals surface area contributed by atoms with Crippen molar-refractivity contribution in [3.63, 3.8) is 0 Å². The molecule has 9 nitrogen and oxygen atoms in total. The Kier molecular flexibility index (Phi) is 4.48. The molecule has 2 atom stereocenters. The van der Waals surface area contributed by atoms with Crippen LogP contribution >= 0.6 is 0 Å². The fourth-order valence-corrected chi connectivity index (χ4v) is 3.21. The van der Waals surface area contributed by atoms with Crippen molar-refractivity contribution >= 4 is 29.1 Å². The third kappa shape index (κ3) is 3.07. The highest BCUT2D eigenvalue weighted by atomic mass is 16.5. The van der Waals surface area contributed by atoms with E-state index in [0.29, 0.717) is 17.1 Å². The molecule has 0 aliphatic carbocycles. The lowest BCUT2D eigenvalue weighted by Crippen LogP contribution is -2.43. The lowest BCUT2D eigenvalue weighted by molar-refractivity contribution is -0.123. The van der Waals surface area contributed by atoms with E-state index in [2.05, 4.69) is 15.7 Å². The van der Waals surface area contributed by atoms with Gasteiger partial charge in [0.25, 0.3) is 11.8 Å². The number of para-hydroxylation sites is 1. The fourth-order valence-electron chi connectivity index (χ4n) is 3.21. The summed E-state index contributed by atoms with van der Waals surface area (Å²) in [5.74, 6) is -0.663. The fraction of sp³-hybridized carbons (Fsp3) is 0.211. The monoisotopic (exact) mass is 379 g/mol. The molecule has 2 aromatic rings. The van der Waals surface area contributed by atoms with Crippen LogP contribution in [0.2, 0.25) is 0 Å². The van der Waals surface area contributed by atoms with Crippen LogP contribution in [0, 0.1) is 0 Å². The quantitative estimate of drug-likeness (QED) is 0.795. The number of nitrogens with one attached hydrogen (secondary N) is 1. The molecule has 142 valence electrons. The van der Waals surface area contributed by atoms with Crippen molar-refractivity contribution in [2.45, 2.75) is 12.1 Å². The molecule has 4 rings (SSSR count). The van der Waals surface area contributed by atoms with Gasteiger partial charge in [-0.1, -0.05) is 23.4 Å². The highest BCUT2D eigenvalue weighted by Crippen LogP contribution is 2.32. The molecule has 1 saturated heterocycles. The van der Waals surface area contributed by atoms with Crippen LogP contribution in [0.1, 0.15) is 0 Å². The minimum Gasteiger partial charge on any atom is -0.497 e. The van der Waals surface area contributed by atoms with Crippen LogP contribution in [0.3, 0.4) is 0 Å². The first-order valence-electron chi connectivity index (χ1n) is 8.62. The highest BCUT2D eigenvalue weighted by Gasteiger charge is 2.55. The second-order valence-electron chi connectivity index (χ2n) is 6.32. The normalized spacial score (nSPS) is 20.5. The Morgan fingerprint density at radius 1 is 1.07 bits per heavy atom. The first-order valence-corrected chi connectivity index (χ1v) is 8.62. The Morgan fingerprint density at radius 2 is 1.79 bits per heavy atom. The molecule has 0 aromatic heterocycles. The van der Waals surface area contributed by atoms with Crippen molar-refractivity contribution in [3.05, 3.63) is 54.6 Å². The lowest BCUT2D eigenvalue weighted by Gasteiger charge is -2.20. The molecule has 0 spiro atoms. The molecule has 1 fully saturated rings. The average Bonchev–Trinajstić information content (AvgIpc) is 3.22. The summed E-state index contributed by atoms with van der Waals surface area (Å²) in [6.45, 7) is -0.185. The van der Waals surface area contributed by atoms with Crippen molar-refractivity contribution < 1.29 is 19.1 Å². The summed E-state index contributed by atoms with van der Waals surface area (Å²) in [7, 11) is 1.53. The molecule has 3 amide bonds. The number of methoxy groups -OCH3 is 1. The number of nitrogens with zero attached hydrogens (tertiary/aromatic N) is 4. The molecular formula is C19H17N5O4. The number of fused-ring (bicyclic) bond motifs is 1. The Labute approximate surface area is 160 Å². The molecule has 9 heteroatoms. The molecule has 0 bridgehead atoms. The van der Waals surface area contributed by atoms with Crippen LogP contribution in [0.5, 0.6) is 5.75 Å². The molecule has 2 aromatic carbocycles. The number of ether oxygens (including phenoxy) is 1. The van der Waals surface area contributed by atoms with Gasteiger partial charge in [0.1, 0.15) is 12.3 Å². The van der Waals surface area contributed by atoms with Gasteiger partial charge < -0.3 is 10.1 Å². The molecular weight excluding hydrogens is 362 g/mol. The molecule has 0 radical (unpaired) electrons. The molecule has 0 saturated carbocycles. The predicted octanol–water partition coefficient (Wildman–Crippen LogP) is 1.63. The van der Waals surface area contributed by atoms with E-state index in [-0.39, 0.29) is 12.5 Å². The van der Waals surface area contributed by atoms with E-state index in [4.69, 9.17) is 4.74 Å². The maximum absolute atomic E-state index is 12.9. The van der Waals surface area contributed by atoms with Gasteiger partial charge in [0.2, 0.25) is 5.91 Å². The van der Waals surface area contributed by atoms with E-state index in [1.165, 1.54) is 12.1 Å². The first-order chi connectivity index (χ1) is 13.6. The molecule has 2 aliphatic rings. The number of carbonyl (C=O) groups excluding carboxylic acids is 3. The predicted molar refractivity (Wildman–Crippen MR) is 99.7 cm³/mol. The van der Waals surface area contributed by atoms with Gasteiger partial charge in [-0.3, -0.25) is 19.4 Å². The van der Waals surface area contributed by atoms with Crippen molar-refractivity contribution in [1.29, 1.82) is 0 Å². The maximum atomic E-state index is 12.9. The summed E-state index contributed by atoms with van der Waals surface area (Å²) < 4.78 is 5.10. The Hall–Kier alpha value is -3.75. The SMILES string of the molecule is COc1ccc(N2C(=O)C3N=NN(CC(=O)Nc4ccccc4)C3C2=O)cc1. The van der Waals surface area contributed by atoms with Crippen LogP contribution in [-0.2, 0) is 14.4 Å². The van der Waals surface area contributed by atoms with E-state index >= 15 is 0 Å². The third-order valence-electron chi connectivity index (χ3n) is 4.55. The van der Waals surface area contributed by atoms with Crippen LogP contribution in [0.15, 0.2) is 64.9 Å². The zero-order valence-electron chi connectivity index (χ0n) is 15.0. The summed E-state index contributed by atoms with van der Waals surface area (Å²) in [5.41, 5.74) is 1.06. The number of hydrogen-bond acceptors (Lipinski definition) is 7. The van der Waals surface area contributed by atoms with Gasteiger partial charge in [-0.2, -0.15) is 5.11 Å². The molecule has 2 heterocycles. The Balaban J connectivity index is 1.48. The standard InChI is InChI=1S/C19H17N5O4/c1-28-14-9-7-13(8-10-14)24-18(26)16-17(19(24)27)23(22-21-16)11-15(25)20-12-5-3-2-4-6-12/h2-10,16-17H,11H2,1H3,(H,20,25). The summed E-state index contributed by atoms with van der Waals surface area (Å²) in [6.07, 6.45) is 0. The topological polar surface area (TPSA) is 104 Å². The van der Waals surface area contributed by atoms with Crippen molar-refractivity contribution in [2.24, 2.45) is 10.3 Å². The number of benzene rings is 2.